The number of aromatic nitrogens is 1. The second kappa shape index (κ2) is 6.37. The van der Waals surface area contributed by atoms with Gasteiger partial charge in [-0.2, -0.15) is 0 Å². The molecule has 0 saturated heterocycles. The van der Waals surface area contributed by atoms with E-state index in [2.05, 4.69) is 4.98 Å². The predicted octanol–water partition coefficient (Wildman–Crippen LogP) is 1.41. The molecule has 1 atom stereocenters. The fraction of sp³-hybridized carbons (Fsp3) is 0.250. The number of hydrogen-bond acceptors (Lipinski definition) is 4. The van der Waals surface area contributed by atoms with Crippen LogP contribution >= 0.6 is 0 Å². The minimum atomic E-state index is -1.04. The summed E-state index contributed by atoms with van der Waals surface area (Å²) in [6.07, 6.45) is 3.86. The van der Waals surface area contributed by atoms with E-state index in [1.54, 1.807) is 19.3 Å². The number of benzene rings is 1. The molecule has 0 radical (unpaired) electrons. The first-order valence-electron chi connectivity index (χ1n) is 6.67. The van der Waals surface area contributed by atoms with E-state index in [4.69, 9.17) is 16.2 Å². The Bertz CT molecular complexity index is 595. The van der Waals surface area contributed by atoms with Gasteiger partial charge in [-0.05, 0) is 48.7 Å². The highest BCUT2D eigenvalue weighted by atomic mass is 16.5. The normalized spacial score (nSPS) is 13.4. The fourth-order valence-corrected chi connectivity index (χ4v) is 1.86. The number of nitrogens with two attached hydrogens (primary N) is 2. The summed E-state index contributed by atoms with van der Waals surface area (Å²) < 4.78 is 5.67. The summed E-state index contributed by atoms with van der Waals surface area (Å²) in [5.41, 5.74) is 12.1. The molecule has 1 heterocycles. The van der Waals surface area contributed by atoms with Gasteiger partial charge in [0.15, 0.2) is 0 Å². The number of nitrogens with zero attached hydrogens (tertiary/aromatic N) is 1. The predicted molar refractivity (Wildman–Crippen MR) is 80.5 cm³/mol. The van der Waals surface area contributed by atoms with Crippen molar-refractivity contribution in [2.75, 3.05) is 0 Å². The van der Waals surface area contributed by atoms with Gasteiger partial charge in [-0.15, -0.1) is 0 Å². The van der Waals surface area contributed by atoms with Gasteiger partial charge in [-0.1, -0.05) is 12.1 Å². The van der Waals surface area contributed by atoms with E-state index >= 15 is 0 Å². The Balaban J connectivity index is 1.95. The standard InChI is InChI=1S/C16H19N3O2/c1-16(18,15(17)20)10-12-2-4-14(5-3-12)21-11-13-6-8-19-9-7-13/h2-9H,10-11,18H2,1H3,(H2,17,20). The van der Waals surface area contributed by atoms with Crippen molar-refractivity contribution < 1.29 is 9.53 Å². The van der Waals surface area contributed by atoms with Crippen LogP contribution in [0.3, 0.4) is 0 Å². The average Bonchev–Trinajstić information content (AvgIpc) is 2.47. The van der Waals surface area contributed by atoms with Crippen molar-refractivity contribution in [3.8, 4) is 5.75 Å². The maximum Gasteiger partial charge on any atom is 0.237 e. The van der Waals surface area contributed by atoms with Gasteiger partial charge in [0.05, 0.1) is 5.54 Å². The maximum atomic E-state index is 11.2. The molecular formula is C16H19N3O2. The first-order chi connectivity index (χ1) is 9.97. The number of primary amides is 1. The lowest BCUT2D eigenvalue weighted by atomic mass is 9.93. The van der Waals surface area contributed by atoms with Crippen molar-refractivity contribution >= 4 is 5.91 Å². The molecule has 0 aliphatic heterocycles. The first-order valence-corrected chi connectivity index (χ1v) is 6.67. The van der Waals surface area contributed by atoms with Crippen molar-refractivity contribution in [3.63, 3.8) is 0 Å². The number of pyridine rings is 1. The topological polar surface area (TPSA) is 91.2 Å². The molecule has 2 rings (SSSR count). The van der Waals surface area contributed by atoms with Crippen LogP contribution in [0.2, 0.25) is 0 Å². The second-order valence-electron chi connectivity index (χ2n) is 5.25. The monoisotopic (exact) mass is 285 g/mol. The third-order valence-electron chi connectivity index (χ3n) is 3.21. The Morgan fingerprint density at radius 3 is 2.33 bits per heavy atom. The summed E-state index contributed by atoms with van der Waals surface area (Å²) in [5.74, 6) is 0.244. The third-order valence-corrected chi connectivity index (χ3v) is 3.21. The summed E-state index contributed by atoms with van der Waals surface area (Å²) in [6, 6.07) is 11.3. The summed E-state index contributed by atoms with van der Waals surface area (Å²) >= 11 is 0. The van der Waals surface area contributed by atoms with Gasteiger partial charge < -0.3 is 16.2 Å². The molecule has 1 aromatic carbocycles. The summed E-state index contributed by atoms with van der Waals surface area (Å²) in [5, 5.41) is 0. The molecule has 5 nitrogen and oxygen atoms in total. The SMILES string of the molecule is CC(N)(Cc1ccc(OCc2ccncc2)cc1)C(N)=O. The van der Waals surface area contributed by atoms with Crippen LogP contribution in [0.25, 0.3) is 0 Å². The molecule has 0 spiro atoms. The number of ether oxygens (including phenoxy) is 1. The molecule has 21 heavy (non-hydrogen) atoms. The van der Waals surface area contributed by atoms with E-state index in [9.17, 15) is 4.79 Å². The second-order valence-corrected chi connectivity index (χ2v) is 5.25. The lowest BCUT2D eigenvalue weighted by molar-refractivity contribution is -0.122. The van der Waals surface area contributed by atoms with Crippen molar-refractivity contribution in [1.82, 2.24) is 4.98 Å². The van der Waals surface area contributed by atoms with Crippen LogP contribution in [-0.2, 0) is 17.8 Å². The zero-order valence-electron chi connectivity index (χ0n) is 12.0. The van der Waals surface area contributed by atoms with Gasteiger partial charge >= 0.3 is 0 Å². The zero-order chi connectivity index (χ0) is 15.3. The van der Waals surface area contributed by atoms with E-state index in [0.29, 0.717) is 13.0 Å². The molecule has 5 heteroatoms. The summed E-state index contributed by atoms with van der Waals surface area (Å²) in [4.78, 5) is 15.2. The number of amides is 1. The van der Waals surface area contributed by atoms with Gasteiger partial charge in [-0.25, -0.2) is 0 Å². The van der Waals surface area contributed by atoms with Crippen LogP contribution in [0, 0.1) is 0 Å². The lowest BCUT2D eigenvalue weighted by Crippen LogP contribution is -2.51. The molecule has 0 fully saturated rings. The van der Waals surface area contributed by atoms with E-state index in [1.165, 1.54) is 0 Å². The number of rotatable bonds is 6. The van der Waals surface area contributed by atoms with Gasteiger partial charge in [0.25, 0.3) is 0 Å². The smallest absolute Gasteiger partial charge is 0.237 e. The first kappa shape index (κ1) is 15.0. The number of hydrogen-bond donors (Lipinski definition) is 2. The largest absolute Gasteiger partial charge is 0.489 e. The minimum absolute atomic E-state index is 0.396. The van der Waals surface area contributed by atoms with Gasteiger partial charge in [0, 0.05) is 12.4 Å². The van der Waals surface area contributed by atoms with Crippen molar-refractivity contribution in [1.29, 1.82) is 0 Å². The number of carbonyl (C=O) groups excluding carboxylic acids is 1. The molecule has 1 aromatic heterocycles. The highest BCUT2D eigenvalue weighted by Gasteiger charge is 2.25. The highest BCUT2D eigenvalue weighted by Crippen LogP contribution is 2.17. The van der Waals surface area contributed by atoms with E-state index in [0.717, 1.165) is 16.9 Å². The molecule has 1 amide bonds. The lowest BCUT2D eigenvalue weighted by Gasteiger charge is -2.20. The number of carbonyl (C=O) groups is 1. The summed E-state index contributed by atoms with van der Waals surface area (Å²) in [6.45, 7) is 2.11. The molecule has 2 aromatic rings. The molecule has 0 bridgehead atoms. The molecule has 0 aliphatic carbocycles. The Hall–Kier alpha value is -2.40. The van der Waals surface area contributed by atoms with E-state index < -0.39 is 11.4 Å². The molecule has 4 N–H and O–H groups in total. The molecule has 1 unspecified atom stereocenters. The van der Waals surface area contributed by atoms with Gasteiger partial charge in [-0.3, -0.25) is 9.78 Å². The van der Waals surface area contributed by atoms with Crippen LogP contribution in [0.5, 0.6) is 5.75 Å². The highest BCUT2D eigenvalue weighted by molar-refractivity contribution is 5.84. The average molecular weight is 285 g/mol. The molecular weight excluding hydrogens is 266 g/mol. The molecule has 110 valence electrons. The van der Waals surface area contributed by atoms with Crippen LogP contribution < -0.4 is 16.2 Å². The van der Waals surface area contributed by atoms with E-state index in [-0.39, 0.29) is 0 Å². The Kier molecular flexibility index (Phi) is 4.55. The van der Waals surface area contributed by atoms with Crippen molar-refractivity contribution in [2.45, 2.75) is 25.5 Å². The zero-order valence-corrected chi connectivity index (χ0v) is 12.0. The van der Waals surface area contributed by atoms with Crippen LogP contribution in [0.15, 0.2) is 48.8 Å². The third kappa shape index (κ3) is 4.29. The Morgan fingerprint density at radius 1 is 1.14 bits per heavy atom. The van der Waals surface area contributed by atoms with Crippen molar-refractivity contribution in [3.05, 3.63) is 59.9 Å². The van der Waals surface area contributed by atoms with Gasteiger partial charge in [0.2, 0.25) is 5.91 Å². The maximum absolute atomic E-state index is 11.2. The van der Waals surface area contributed by atoms with Gasteiger partial charge in [0.1, 0.15) is 12.4 Å². The van der Waals surface area contributed by atoms with Crippen LogP contribution in [0.1, 0.15) is 18.1 Å². The van der Waals surface area contributed by atoms with Crippen LogP contribution in [-0.4, -0.2) is 16.4 Å². The Labute approximate surface area is 123 Å². The minimum Gasteiger partial charge on any atom is -0.489 e. The molecule has 0 saturated carbocycles. The molecule has 0 aliphatic rings. The van der Waals surface area contributed by atoms with Crippen LogP contribution in [0.4, 0.5) is 0 Å². The van der Waals surface area contributed by atoms with E-state index in [1.807, 2.05) is 36.4 Å². The summed E-state index contributed by atoms with van der Waals surface area (Å²) in [7, 11) is 0. The fourth-order valence-electron chi connectivity index (χ4n) is 1.86. The Morgan fingerprint density at radius 2 is 1.76 bits per heavy atom. The van der Waals surface area contributed by atoms with Crippen molar-refractivity contribution in [2.24, 2.45) is 11.5 Å². The quantitative estimate of drug-likeness (QED) is 0.839.